The van der Waals surface area contributed by atoms with Crippen LogP contribution < -0.4 is 5.32 Å². The zero-order valence-corrected chi connectivity index (χ0v) is 7.79. The molecule has 0 bridgehead atoms. The molecule has 0 atom stereocenters. The summed E-state index contributed by atoms with van der Waals surface area (Å²) in [7, 11) is 0. The fourth-order valence-electron chi connectivity index (χ4n) is 0.625. The second-order valence-corrected chi connectivity index (χ2v) is 1.46. The summed E-state index contributed by atoms with van der Waals surface area (Å²) in [6.07, 6.45) is 2.78. The molecule has 8 heavy (non-hydrogen) atoms. The number of nitrogens with one attached hydrogen (secondary N) is 1. The molecule has 0 aliphatic carbocycles. The first-order chi connectivity index (χ1) is 3.50. The summed E-state index contributed by atoms with van der Waals surface area (Å²) in [5.41, 5.74) is 0. The topological polar surface area (TPSA) is 29.1 Å². The van der Waals surface area contributed by atoms with Crippen LogP contribution in [0.5, 0.6) is 0 Å². The Hall–Kier alpha value is 0.318. The quantitative estimate of drug-likeness (QED) is 0.688. The molecule has 0 aromatic heterocycles. The summed E-state index contributed by atoms with van der Waals surface area (Å²) < 4.78 is 0. The van der Waals surface area contributed by atoms with Crippen LogP contribution in [-0.2, 0) is 25.9 Å². The minimum Gasteiger partial charge on any atom is -0.317 e. The van der Waals surface area contributed by atoms with Crippen LogP contribution in [0.25, 0.3) is 0 Å². The fourth-order valence-corrected chi connectivity index (χ4v) is 0.625. The van der Waals surface area contributed by atoms with Crippen molar-refractivity contribution in [1.29, 1.82) is 0 Å². The van der Waals surface area contributed by atoms with E-state index < -0.39 is 0 Å². The first kappa shape index (κ1) is 11.2. The summed E-state index contributed by atoms with van der Waals surface area (Å²) in [6.45, 7) is 4.50. The zero-order valence-electron chi connectivity index (χ0n) is 4.85. The van der Waals surface area contributed by atoms with Gasteiger partial charge >= 0.3 is 0 Å². The van der Waals surface area contributed by atoms with Crippen molar-refractivity contribution in [1.82, 2.24) is 5.32 Å². The van der Waals surface area contributed by atoms with Crippen LogP contribution in [0.4, 0.5) is 0 Å². The molecule has 0 aromatic rings. The van der Waals surface area contributed by atoms with Crippen LogP contribution in [0.15, 0.2) is 0 Å². The maximum absolute atomic E-state index is 8.00. The Kier molecular flexibility index (Phi) is 14.4. The minimum absolute atomic E-state index is 0. The average molecular weight is 285 g/mol. The van der Waals surface area contributed by atoms with Gasteiger partial charge in [0.15, 0.2) is 0 Å². The van der Waals surface area contributed by atoms with Crippen LogP contribution >= 0.6 is 0 Å². The van der Waals surface area contributed by atoms with Gasteiger partial charge in [0.1, 0.15) is 6.79 Å². The molecular weight excluding hydrogens is 274 g/mol. The summed E-state index contributed by atoms with van der Waals surface area (Å²) >= 11 is 0. The standard InChI is InChI=1S/C4H9N.CH2O.W/c1-2-4-5-3-1;1-2;/h5H,1-4H2;1H2;. The van der Waals surface area contributed by atoms with E-state index in [4.69, 9.17) is 4.79 Å². The third kappa shape index (κ3) is 6.32. The van der Waals surface area contributed by atoms with Crippen LogP contribution in [-0.4, -0.2) is 19.9 Å². The molecule has 1 fully saturated rings. The van der Waals surface area contributed by atoms with E-state index >= 15 is 0 Å². The van der Waals surface area contributed by atoms with E-state index in [1.165, 1.54) is 25.9 Å². The second-order valence-electron chi connectivity index (χ2n) is 1.46. The van der Waals surface area contributed by atoms with Gasteiger partial charge in [-0.1, -0.05) is 0 Å². The Bertz CT molecular complexity index is 31.8. The van der Waals surface area contributed by atoms with Crippen molar-refractivity contribution in [3.63, 3.8) is 0 Å². The largest absolute Gasteiger partial charge is 0.317 e. The summed E-state index contributed by atoms with van der Waals surface area (Å²) in [5, 5.41) is 3.22. The zero-order chi connectivity index (χ0) is 5.54. The molecule has 1 rings (SSSR count). The molecule has 1 aliphatic heterocycles. The van der Waals surface area contributed by atoms with Crippen molar-refractivity contribution in [3.8, 4) is 0 Å². The molecule has 0 spiro atoms. The van der Waals surface area contributed by atoms with E-state index in [9.17, 15) is 0 Å². The maximum Gasteiger partial charge on any atom is 0.106 e. The van der Waals surface area contributed by atoms with Gasteiger partial charge in [-0.15, -0.1) is 0 Å². The Morgan fingerprint density at radius 3 is 1.62 bits per heavy atom. The van der Waals surface area contributed by atoms with Crippen molar-refractivity contribution < 1.29 is 25.9 Å². The Balaban J connectivity index is 0. The van der Waals surface area contributed by atoms with Gasteiger partial charge in [0.25, 0.3) is 0 Å². The molecule has 48 valence electrons. The van der Waals surface area contributed by atoms with Crippen molar-refractivity contribution in [2.75, 3.05) is 13.1 Å². The number of carbonyl (C=O) groups is 1. The number of hydrogen-bond acceptors (Lipinski definition) is 2. The average Bonchev–Trinajstić information content (AvgIpc) is 2.23. The normalized spacial score (nSPS) is 15.5. The van der Waals surface area contributed by atoms with Crippen LogP contribution in [0.2, 0.25) is 0 Å². The van der Waals surface area contributed by atoms with Gasteiger partial charge in [-0.25, -0.2) is 0 Å². The van der Waals surface area contributed by atoms with Gasteiger partial charge < -0.3 is 10.1 Å². The van der Waals surface area contributed by atoms with Crippen molar-refractivity contribution in [2.45, 2.75) is 12.8 Å². The van der Waals surface area contributed by atoms with E-state index in [-0.39, 0.29) is 21.1 Å². The Morgan fingerprint density at radius 2 is 1.50 bits per heavy atom. The van der Waals surface area contributed by atoms with Crippen molar-refractivity contribution in [3.05, 3.63) is 0 Å². The van der Waals surface area contributed by atoms with Gasteiger partial charge in [-0.2, -0.15) is 0 Å². The Morgan fingerprint density at radius 1 is 1.12 bits per heavy atom. The molecule has 2 nitrogen and oxygen atoms in total. The predicted molar refractivity (Wildman–Crippen MR) is 29.2 cm³/mol. The summed E-state index contributed by atoms with van der Waals surface area (Å²) in [6, 6.07) is 0. The van der Waals surface area contributed by atoms with E-state index in [1.807, 2.05) is 6.79 Å². The van der Waals surface area contributed by atoms with Gasteiger partial charge in [0, 0.05) is 21.1 Å². The number of hydrogen-bond donors (Lipinski definition) is 1. The van der Waals surface area contributed by atoms with Gasteiger partial charge in [-0.05, 0) is 25.9 Å². The molecule has 3 heteroatoms. The molecule has 0 amide bonds. The van der Waals surface area contributed by atoms with Gasteiger partial charge in [0.05, 0.1) is 0 Å². The van der Waals surface area contributed by atoms with Crippen molar-refractivity contribution >= 4 is 6.79 Å². The second kappa shape index (κ2) is 10.3. The van der Waals surface area contributed by atoms with E-state index in [2.05, 4.69) is 5.32 Å². The van der Waals surface area contributed by atoms with E-state index in [0.717, 1.165) is 0 Å². The van der Waals surface area contributed by atoms with E-state index in [0.29, 0.717) is 0 Å². The third-order valence-corrected chi connectivity index (χ3v) is 0.957. The molecule has 0 aromatic carbocycles. The molecule has 1 saturated heterocycles. The summed E-state index contributed by atoms with van der Waals surface area (Å²) in [5.74, 6) is 0. The Labute approximate surface area is 64.3 Å². The van der Waals surface area contributed by atoms with Crippen LogP contribution in [0, 0.1) is 0 Å². The monoisotopic (exact) mass is 285 g/mol. The smallest absolute Gasteiger partial charge is 0.106 e. The first-order valence-electron chi connectivity index (χ1n) is 2.50. The first-order valence-corrected chi connectivity index (χ1v) is 2.50. The number of carbonyl (C=O) groups excluding carboxylic acids is 1. The SMILES string of the molecule is C1CCNC1.C=O.[W]. The van der Waals surface area contributed by atoms with Gasteiger partial charge in [0.2, 0.25) is 0 Å². The molecule has 1 N–H and O–H groups in total. The summed E-state index contributed by atoms with van der Waals surface area (Å²) in [4.78, 5) is 8.00. The maximum atomic E-state index is 8.00. The minimum atomic E-state index is 0. The molecule has 0 unspecified atom stereocenters. The number of rotatable bonds is 0. The third-order valence-electron chi connectivity index (χ3n) is 0.957. The van der Waals surface area contributed by atoms with Crippen LogP contribution in [0.1, 0.15) is 12.8 Å². The van der Waals surface area contributed by atoms with Crippen LogP contribution in [0.3, 0.4) is 0 Å². The molecule has 1 aliphatic rings. The molecule has 0 saturated carbocycles. The molecular formula is C5H11NOW. The van der Waals surface area contributed by atoms with Crippen molar-refractivity contribution in [2.24, 2.45) is 0 Å². The fraction of sp³-hybridized carbons (Fsp3) is 0.800. The van der Waals surface area contributed by atoms with Gasteiger partial charge in [-0.3, -0.25) is 0 Å². The predicted octanol–water partition coefficient (Wildman–Crippen LogP) is 0.182. The molecule has 1 heterocycles. The molecule has 0 radical (unpaired) electrons. The van der Waals surface area contributed by atoms with E-state index in [1.54, 1.807) is 0 Å².